The number of hydrogen-bond donors (Lipinski definition) is 1. The van der Waals surface area contributed by atoms with E-state index in [1.165, 1.54) is 12.3 Å². The maximum absolute atomic E-state index is 13.2. The van der Waals surface area contributed by atoms with Crippen LogP contribution < -0.4 is 5.84 Å². The fourth-order valence-corrected chi connectivity index (χ4v) is 1.11. The van der Waals surface area contributed by atoms with E-state index in [1.54, 1.807) is 0 Å². The number of halogens is 2. The molecular formula is C12H13F2N3. The fraction of sp³-hybridized carbons (Fsp3) is 0.167. The lowest BCUT2D eigenvalue weighted by atomic mass is 10.1. The van der Waals surface area contributed by atoms with E-state index < -0.39 is 11.6 Å². The molecule has 0 heterocycles. The molecule has 17 heavy (non-hydrogen) atoms. The molecule has 5 heteroatoms. The minimum Gasteiger partial charge on any atom is -0.323 e. The lowest BCUT2D eigenvalue weighted by molar-refractivity contribution is 0.585. The average molecular weight is 237 g/mol. The molecule has 3 nitrogen and oxygen atoms in total. The molecule has 1 rings (SSSR count). The van der Waals surface area contributed by atoms with Crippen molar-refractivity contribution in [3.05, 3.63) is 42.0 Å². The van der Waals surface area contributed by atoms with Crippen LogP contribution in [0, 0.1) is 11.6 Å². The Morgan fingerprint density at radius 2 is 2.18 bits per heavy atom. The van der Waals surface area contributed by atoms with Gasteiger partial charge in [-0.25, -0.2) is 8.78 Å². The first-order valence-electron chi connectivity index (χ1n) is 5.03. The molecule has 0 spiro atoms. The lowest BCUT2D eigenvalue weighted by Gasteiger charge is -2.00. The molecule has 90 valence electrons. The summed E-state index contributed by atoms with van der Waals surface area (Å²) in [6, 6.07) is 3.13. The van der Waals surface area contributed by atoms with E-state index in [4.69, 9.17) is 5.84 Å². The summed E-state index contributed by atoms with van der Waals surface area (Å²) < 4.78 is 25.9. The molecule has 0 saturated heterocycles. The van der Waals surface area contributed by atoms with Crippen molar-refractivity contribution in [2.24, 2.45) is 15.9 Å². The number of allylic oxidation sites excluding steroid dienone is 1. The molecule has 0 bridgehead atoms. The van der Waals surface area contributed by atoms with Gasteiger partial charge in [-0.1, -0.05) is 13.5 Å². The van der Waals surface area contributed by atoms with E-state index in [0.29, 0.717) is 17.7 Å². The summed E-state index contributed by atoms with van der Waals surface area (Å²) >= 11 is 0. The van der Waals surface area contributed by atoms with Crippen molar-refractivity contribution in [2.45, 2.75) is 13.3 Å². The first-order valence-corrected chi connectivity index (χ1v) is 5.03. The van der Waals surface area contributed by atoms with Gasteiger partial charge in [0.1, 0.15) is 11.5 Å². The Hall–Kier alpha value is -2.04. The summed E-state index contributed by atoms with van der Waals surface area (Å²) in [6.45, 7) is 5.63. The highest BCUT2D eigenvalue weighted by atomic mass is 19.1. The number of hydrazone groups is 1. The molecule has 0 atom stereocenters. The van der Waals surface area contributed by atoms with Gasteiger partial charge in [0.05, 0.1) is 11.9 Å². The van der Waals surface area contributed by atoms with Crippen molar-refractivity contribution >= 4 is 17.6 Å². The molecule has 0 aromatic heterocycles. The van der Waals surface area contributed by atoms with E-state index in [0.717, 1.165) is 12.1 Å². The summed E-state index contributed by atoms with van der Waals surface area (Å²) in [6.07, 6.45) is 1.97. The van der Waals surface area contributed by atoms with Crippen LogP contribution in [0.1, 0.15) is 13.3 Å². The predicted molar refractivity (Wildman–Crippen MR) is 65.6 cm³/mol. The molecule has 0 unspecified atom stereocenters. The average Bonchev–Trinajstić information content (AvgIpc) is 2.31. The standard InChI is InChI=1S/C12H13F2N3/c1-3-8(2)12(17-15)7-16-11-5-4-9(13)6-10(11)14/h4-7H,2-3,15H2,1H3. The van der Waals surface area contributed by atoms with E-state index in [2.05, 4.69) is 16.7 Å². The van der Waals surface area contributed by atoms with Gasteiger partial charge < -0.3 is 5.84 Å². The van der Waals surface area contributed by atoms with Crippen LogP contribution in [-0.4, -0.2) is 11.9 Å². The Labute approximate surface area is 98.4 Å². The fourth-order valence-electron chi connectivity index (χ4n) is 1.11. The number of rotatable bonds is 4. The second-order valence-electron chi connectivity index (χ2n) is 3.33. The maximum Gasteiger partial charge on any atom is 0.151 e. The van der Waals surface area contributed by atoms with E-state index >= 15 is 0 Å². The quantitative estimate of drug-likeness (QED) is 0.488. The monoisotopic (exact) mass is 237 g/mol. The molecule has 0 fully saturated rings. The number of aliphatic imine (C=N–C) groups is 1. The topological polar surface area (TPSA) is 50.7 Å². The number of nitrogens with two attached hydrogens (primary N) is 1. The SMILES string of the molecule is C=C(CC)C(C=Nc1ccc(F)cc1F)=NN. The highest BCUT2D eigenvalue weighted by Gasteiger charge is 2.03. The van der Waals surface area contributed by atoms with Crippen LogP contribution in [0.2, 0.25) is 0 Å². The molecule has 0 aliphatic heterocycles. The number of hydrogen-bond acceptors (Lipinski definition) is 3. The third-order valence-electron chi connectivity index (χ3n) is 2.16. The highest BCUT2D eigenvalue weighted by Crippen LogP contribution is 2.17. The second-order valence-corrected chi connectivity index (χ2v) is 3.33. The maximum atomic E-state index is 13.2. The number of nitrogens with zero attached hydrogens (tertiary/aromatic N) is 2. The Bertz CT molecular complexity index is 479. The Morgan fingerprint density at radius 3 is 2.71 bits per heavy atom. The Balaban J connectivity index is 2.93. The van der Waals surface area contributed by atoms with Crippen molar-refractivity contribution < 1.29 is 8.78 Å². The Kier molecular flexibility index (Phi) is 4.51. The van der Waals surface area contributed by atoms with Crippen LogP contribution in [-0.2, 0) is 0 Å². The van der Waals surface area contributed by atoms with Crippen LogP contribution in [0.15, 0.2) is 40.4 Å². The number of benzene rings is 1. The lowest BCUT2D eigenvalue weighted by Crippen LogP contribution is -2.06. The minimum absolute atomic E-state index is 0.0245. The summed E-state index contributed by atoms with van der Waals surface area (Å²) in [5, 5.41) is 3.49. The van der Waals surface area contributed by atoms with Crippen molar-refractivity contribution in [3.8, 4) is 0 Å². The van der Waals surface area contributed by atoms with Crippen LogP contribution in [0.5, 0.6) is 0 Å². The van der Waals surface area contributed by atoms with Crippen LogP contribution in [0.4, 0.5) is 14.5 Å². The summed E-state index contributed by atoms with van der Waals surface area (Å²) in [4.78, 5) is 3.85. The van der Waals surface area contributed by atoms with Gasteiger partial charge in [-0.2, -0.15) is 5.10 Å². The van der Waals surface area contributed by atoms with E-state index in [-0.39, 0.29) is 5.69 Å². The minimum atomic E-state index is -0.736. The van der Waals surface area contributed by atoms with Gasteiger partial charge in [0.2, 0.25) is 0 Å². The first-order chi connectivity index (χ1) is 8.08. The van der Waals surface area contributed by atoms with Crippen molar-refractivity contribution in [1.82, 2.24) is 0 Å². The molecule has 0 aliphatic carbocycles. The molecule has 0 amide bonds. The van der Waals surface area contributed by atoms with Gasteiger partial charge in [0, 0.05) is 6.07 Å². The predicted octanol–water partition coefficient (Wildman–Crippen LogP) is 2.95. The normalized spacial score (nSPS) is 12.1. The van der Waals surface area contributed by atoms with Gasteiger partial charge in [0.15, 0.2) is 5.82 Å². The summed E-state index contributed by atoms with van der Waals surface area (Å²) in [7, 11) is 0. The zero-order valence-corrected chi connectivity index (χ0v) is 9.45. The second kappa shape index (κ2) is 5.89. The van der Waals surface area contributed by atoms with Crippen LogP contribution >= 0.6 is 0 Å². The largest absolute Gasteiger partial charge is 0.323 e. The van der Waals surface area contributed by atoms with Gasteiger partial charge in [-0.3, -0.25) is 4.99 Å². The van der Waals surface area contributed by atoms with Crippen molar-refractivity contribution in [1.29, 1.82) is 0 Å². The zero-order valence-electron chi connectivity index (χ0n) is 9.45. The summed E-state index contributed by atoms with van der Waals surface area (Å²) in [5.74, 6) is 3.78. The van der Waals surface area contributed by atoms with Crippen molar-refractivity contribution in [2.75, 3.05) is 0 Å². The molecule has 1 aromatic rings. The van der Waals surface area contributed by atoms with Crippen LogP contribution in [0.25, 0.3) is 0 Å². The van der Waals surface area contributed by atoms with E-state index in [9.17, 15) is 8.78 Å². The zero-order chi connectivity index (χ0) is 12.8. The molecule has 2 N–H and O–H groups in total. The van der Waals surface area contributed by atoms with Gasteiger partial charge in [-0.15, -0.1) is 0 Å². The summed E-state index contributed by atoms with van der Waals surface area (Å²) in [5.41, 5.74) is 1.10. The van der Waals surface area contributed by atoms with Crippen LogP contribution in [0.3, 0.4) is 0 Å². The van der Waals surface area contributed by atoms with Gasteiger partial charge >= 0.3 is 0 Å². The molecule has 1 aromatic carbocycles. The smallest absolute Gasteiger partial charge is 0.151 e. The van der Waals surface area contributed by atoms with Gasteiger partial charge in [0.25, 0.3) is 0 Å². The van der Waals surface area contributed by atoms with E-state index in [1.807, 2.05) is 6.92 Å². The molecule has 0 aliphatic rings. The highest BCUT2D eigenvalue weighted by molar-refractivity contribution is 6.38. The Morgan fingerprint density at radius 1 is 1.47 bits per heavy atom. The molecule has 0 radical (unpaired) electrons. The van der Waals surface area contributed by atoms with Crippen molar-refractivity contribution in [3.63, 3.8) is 0 Å². The first kappa shape index (κ1) is 13.0. The third-order valence-corrected chi connectivity index (χ3v) is 2.16. The molecular weight excluding hydrogens is 224 g/mol. The third kappa shape index (κ3) is 3.48. The molecule has 0 saturated carbocycles. The van der Waals surface area contributed by atoms with Gasteiger partial charge in [-0.05, 0) is 24.1 Å².